The van der Waals surface area contributed by atoms with Crippen molar-refractivity contribution in [2.24, 2.45) is 33.5 Å². The van der Waals surface area contributed by atoms with Gasteiger partial charge in [0.25, 0.3) is 0 Å². The number of fused-ring (bicyclic) bond motifs is 1. The Morgan fingerprint density at radius 1 is 1.02 bits per heavy atom. The Kier molecular flexibility index (Phi) is 8.67. The van der Waals surface area contributed by atoms with E-state index >= 15 is 0 Å². The molecule has 2 bridgehead atoms. The van der Waals surface area contributed by atoms with Gasteiger partial charge in [0.1, 0.15) is 5.75 Å². The van der Waals surface area contributed by atoms with Crippen LogP contribution in [0.2, 0.25) is 0 Å². The maximum atomic E-state index is 14.7. The highest BCUT2D eigenvalue weighted by atomic mass is 16.5. The van der Waals surface area contributed by atoms with Gasteiger partial charge in [-0.3, -0.25) is 9.69 Å². The fourth-order valence-corrected chi connectivity index (χ4v) is 10.9. The van der Waals surface area contributed by atoms with E-state index in [1.165, 1.54) is 0 Å². The summed E-state index contributed by atoms with van der Waals surface area (Å²) in [5.74, 6) is 0.999. The SMILES string of the molecule is COCCCN(C[C@H](O)CO)C[C@]1(O)CC[C@H]2[C@]34C=C[C@@]5(C=C3C(=O)c3ccc(OC)cc3)CC(O)CC[C@]5(C)[C@H]4CC[C@@]21C. The van der Waals surface area contributed by atoms with Gasteiger partial charge in [-0.25, -0.2) is 0 Å². The largest absolute Gasteiger partial charge is 0.497 e. The van der Waals surface area contributed by atoms with E-state index in [9.17, 15) is 25.2 Å². The molecule has 9 atom stereocenters. The molecule has 3 fully saturated rings. The summed E-state index contributed by atoms with van der Waals surface area (Å²) in [6.45, 7) is 6.20. The number of carbonyl (C=O) groups is 1. The van der Waals surface area contributed by atoms with Crippen molar-refractivity contribution in [3.05, 3.63) is 53.6 Å². The number of aliphatic hydroxyl groups is 4. The molecule has 1 unspecified atom stereocenters. The highest BCUT2D eigenvalue weighted by Crippen LogP contribution is 2.78. The number of benzene rings is 1. The first-order valence-corrected chi connectivity index (χ1v) is 16.9. The summed E-state index contributed by atoms with van der Waals surface area (Å²) in [7, 11) is 3.29. The van der Waals surface area contributed by atoms with Crippen LogP contribution < -0.4 is 4.74 Å². The fourth-order valence-electron chi connectivity index (χ4n) is 10.9. The van der Waals surface area contributed by atoms with E-state index in [1.807, 2.05) is 24.3 Å². The number of nitrogens with zero attached hydrogens (tertiary/aromatic N) is 1. The molecule has 7 rings (SSSR count). The Morgan fingerprint density at radius 2 is 1.71 bits per heavy atom. The lowest BCUT2D eigenvalue weighted by molar-refractivity contribution is -0.177. The van der Waals surface area contributed by atoms with Gasteiger partial charge in [0, 0.05) is 60.7 Å². The normalized spacial score (nSPS) is 40.5. The van der Waals surface area contributed by atoms with Crippen molar-refractivity contribution < 1.29 is 34.7 Å². The molecule has 1 aromatic rings. The number of ether oxygens (including phenoxy) is 2. The Morgan fingerprint density at radius 3 is 2.40 bits per heavy atom. The van der Waals surface area contributed by atoms with Crippen molar-refractivity contribution in [3.8, 4) is 5.75 Å². The molecular weight excluding hydrogens is 570 g/mol. The van der Waals surface area contributed by atoms with Crippen LogP contribution in [0.3, 0.4) is 0 Å². The van der Waals surface area contributed by atoms with Gasteiger partial charge in [0.05, 0.1) is 31.5 Å². The maximum absolute atomic E-state index is 14.7. The lowest BCUT2D eigenvalue weighted by Crippen LogP contribution is -2.67. The van der Waals surface area contributed by atoms with E-state index in [0.717, 1.165) is 44.1 Å². The van der Waals surface area contributed by atoms with Crippen LogP contribution in [0.1, 0.15) is 75.6 Å². The standard InChI is InChI=1S/C37H53NO7/c1-33-13-10-26(40)20-35(33)16-17-37(29(21-35)32(42)25-6-8-28(45-4)9-7-25)30(33)11-14-34(2)31(37)12-15-36(34,43)24-38(18-5-19-44-3)22-27(41)23-39/h6-9,16-17,21,26-27,30-31,39-41,43H,5,10-15,18-20,22-24H2,1-4H3/t26?,27-,30+,31+,33+,34-,35-,36+,37+/m0/s1. The topological polar surface area (TPSA) is 120 Å². The van der Waals surface area contributed by atoms with E-state index in [0.29, 0.717) is 43.9 Å². The third kappa shape index (κ3) is 4.89. The molecular formula is C37H53NO7. The molecule has 45 heavy (non-hydrogen) atoms. The van der Waals surface area contributed by atoms with Gasteiger partial charge in [-0.15, -0.1) is 0 Å². The lowest BCUT2D eigenvalue weighted by Gasteiger charge is -2.71. The second-order valence-electron chi connectivity index (χ2n) is 15.3. The van der Waals surface area contributed by atoms with E-state index in [-0.39, 0.29) is 41.6 Å². The summed E-state index contributed by atoms with van der Waals surface area (Å²) in [5, 5.41) is 43.7. The van der Waals surface area contributed by atoms with Crippen molar-refractivity contribution >= 4 is 5.78 Å². The quantitative estimate of drug-likeness (QED) is 0.156. The average molecular weight is 624 g/mol. The van der Waals surface area contributed by atoms with Crippen LogP contribution >= 0.6 is 0 Å². The predicted octanol–water partition coefficient (Wildman–Crippen LogP) is 4.16. The van der Waals surface area contributed by atoms with Crippen LogP contribution in [0, 0.1) is 33.5 Å². The molecule has 0 heterocycles. The summed E-state index contributed by atoms with van der Waals surface area (Å²) in [4.78, 5) is 16.8. The van der Waals surface area contributed by atoms with E-state index in [1.54, 1.807) is 14.2 Å². The van der Waals surface area contributed by atoms with Crippen LogP contribution in [-0.4, -0.2) is 96.0 Å². The molecule has 8 heteroatoms. The molecule has 4 N–H and O–H groups in total. The monoisotopic (exact) mass is 623 g/mol. The van der Waals surface area contributed by atoms with Gasteiger partial charge >= 0.3 is 0 Å². The van der Waals surface area contributed by atoms with Crippen molar-refractivity contribution in [3.63, 3.8) is 0 Å². The summed E-state index contributed by atoms with van der Waals surface area (Å²) in [6.07, 6.45) is 11.8. The number of Topliss-reactive ketones (excluding diaryl/α,β-unsaturated/α-hetero) is 1. The van der Waals surface area contributed by atoms with Crippen molar-refractivity contribution in [1.82, 2.24) is 4.90 Å². The maximum Gasteiger partial charge on any atom is 0.189 e. The van der Waals surface area contributed by atoms with Gasteiger partial charge in [0.15, 0.2) is 5.78 Å². The van der Waals surface area contributed by atoms with Crippen molar-refractivity contribution in [1.29, 1.82) is 0 Å². The first-order valence-electron chi connectivity index (χ1n) is 16.9. The van der Waals surface area contributed by atoms with Crippen molar-refractivity contribution in [2.45, 2.75) is 83.0 Å². The van der Waals surface area contributed by atoms with Gasteiger partial charge in [0.2, 0.25) is 0 Å². The second kappa shape index (κ2) is 11.9. The minimum Gasteiger partial charge on any atom is -0.497 e. The summed E-state index contributed by atoms with van der Waals surface area (Å²) in [5.41, 5.74) is -1.04. The molecule has 3 saturated carbocycles. The summed E-state index contributed by atoms with van der Waals surface area (Å²) >= 11 is 0. The first-order chi connectivity index (χ1) is 21.4. The molecule has 6 aliphatic carbocycles. The Balaban J connectivity index is 1.42. The molecule has 0 aromatic heterocycles. The Bertz CT molecular complexity index is 1330. The van der Waals surface area contributed by atoms with Crippen molar-refractivity contribution in [2.75, 3.05) is 47.1 Å². The average Bonchev–Trinajstić information content (AvgIpc) is 3.30. The predicted molar refractivity (Wildman–Crippen MR) is 172 cm³/mol. The highest BCUT2D eigenvalue weighted by molar-refractivity contribution is 6.10. The zero-order chi connectivity index (χ0) is 32.3. The third-order valence-electron chi connectivity index (χ3n) is 13.3. The van der Waals surface area contributed by atoms with Gasteiger partial charge in [-0.05, 0) is 92.9 Å². The molecule has 1 aromatic carbocycles. The smallest absolute Gasteiger partial charge is 0.189 e. The Hall–Kier alpha value is -2.07. The molecule has 0 aliphatic heterocycles. The molecule has 6 aliphatic rings. The van der Waals surface area contributed by atoms with E-state index in [2.05, 4.69) is 37.0 Å². The van der Waals surface area contributed by atoms with Gasteiger partial charge in [-0.1, -0.05) is 32.1 Å². The third-order valence-corrected chi connectivity index (χ3v) is 13.3. The molecule has 2 spiro atoms. The zero-order valence-electron chi connectivity index (χ0n) is 27.5. The number of rotatable bonds is 12. The highest BCUT2D eigenvalue weighted by Gasteiger charge is 2.74. The van der Waals surface area contributed by atoms with E-state index < -0.39 is 28.6 Å². The molecule has 0 radical (unpaired) electrons. The number of hydrogen-bond acceptors (Lipinski definition) is 8. The minimum atomic E-state index is -1.03. The molecule has 0 amide bonds. The molecule has 0 saturated heterocycles. The van der Waals surface area contributed by atoms with Crippen LogP contribution in [0.5, 0.6) is 5.75 Å². The van der Waals surface area contributed by atoms with Crippen LogP contribution in [0.15, 0.2) is 48.1 Å². The van der Waals surface area contributed by atoms with Crippen LogP contribution in [0.4, 0.5) is 0 Å². The lowest BCUT2D eigenvalue weighted by atomic mass is 9.32. The first kappa shape index (κ1) is 32.9. The van der Waals surface area contributed by atoms with Gasteiger partial charge in [-0.2, -0.15) is 0 Å². The summed E-state index contributed by atoms with van der Waals surface area (Å²) < 4.78 is 10.7. The zero-order valence-corrected chi connectivity index (χ0v) is 27.5. The fraction of sp³-hybridized carbons (Fsp3) is 0.703. The van der Waals surface area contributed by atoms with E-state index in [4.69, 9.17) is 9.47 Å². The number of allylic oxidation sites excluding steroid dienone is 4. The second-order valence-corrected chi connectivity index (χ2v) is 15.3. The van der Waals surface area contributed by atoms with Gasteiger partial charge < -0.3 is 29.9 Å². The Labute approximate surface area is 268 Å². The minimum absolute atomic E-state index is 0.0282. The summed E-state index contributed by atoms with van der Waals surface area (Å²) in [6, 6.07) is 7.38. The van der Waals surface area contributed by atoms with Crippen LogP contribution in [-0.2, 0) is 4.74 Å². The number of methoxy groups -OCH3 is 2. The van der Waals surface area contributed by atoms with Crippen LogP contribution in [0.25, 0.3) is 0 Å². The number of ketones is 1. The number of hydrogen-bond donors (Lipinski definition) is 4. The molecule has 8 nitrogen and oxygen atoms in total. The number of carbonyl (C=O) groups excluding carboxylic acids is 1. The number of aliphatic hydroxyl groups excluding tert-OH is 3. The molecule has 248 valence electrons.